The van der Waals surface area contributed by atoms with Crippen LogP contribution in [0.25, 0.3) is 12.2 Å². The molecule has 0 spiro atoms. The minimum Gasteiger partial charge on any atom is -0.301 e. The molecule has 2 nitrogen and oxygen atoms in total. The molecule has 0 amide bonds. The van der Waals surface area contributed by atoms with Crippen molar-refractivity contribution >= 4 is 29.2 Å². The average Bonchev–Trinajstić information content (AvgIpc) is 2.73. The van der Waals surface area contributed by atoms with Gasteiger partial charge >= 0.3 is 0 Å². The molecule has 3 heteroatoms. The summed E-state index contributed by atoms with van der Waals surface area (Å²) < 4.78 is 0. The predicted octanol–water partition coefficient (Wildman–Crippen LogP) is 4.50. The zero-order valence-electron chi connectivity index (χ0n) is 10.1. The van der Waals surface area contributed by atoms with E-state index in [1.54, 1.807) is 17.4 Å². The first-order valence-corrected chi connectivity index (χ1v) is 7.14. The van der Waals surface area contributed by atoms with Gasteiger partial charge in [-0.2, -0.15) is 0 Å². The molecular formula is C15H15N2S. The van der Waals surface area contributed by atoms with E-state index < -0.39 is 0 Å². The quantitative estimate of drug-likeness (QED) is 0.795. The lowest BCUT2D eigenvalue weighted by Gasteiger charge is -2.22. The Hall–Kier alpha value is -1.61. The van der Waals surface area contributed by atoms with E-state index in [9.17, 15) is 0 Å². The number of thiazole rings is 1. The zero-order valence-corrected chi connectivity index (χ0v) is 10.9. The van der Waals surface area contributed by atoms with E-state index in [1.807, 2.05) is 30.4 Å². The Morgan fingerprint density at radius 3 is 2.89 bits per heavy atom. The molecule has 0 unspecified atom stereocenters. The van der Waals surface area contributed by atoms with E-state index in [0.29, 0.717) is 11.6 Å². The molecule has 0 saturated heterocycles. The number of benzene rings is 1. The monoisotopic (exact) mass is 255 g/mol. The van der Waals surface area contributed by atoms with Gasteiger partial charge in [-0.25, -0.2) is 4.98 Å². The van der Waals surface area contributed by atoms with Crippen LogP contribution in [0.1, 0.15) is 41.4 Å². The minimum absolute atomic E-state index is 0.548. The van der Waals surface area contributed by atoms with Crippen molar-refractivity contribution in [1.29, 1.82) is 0 Å². The minimum atomic E-state index is 0.548. The van der Waals surface area contributed by atoms with Crippen LogP contribution in [0.4, 0.5) is 5.69 Å². The number of nitrogens with zero attached hydrogens (tertiary/aromatic N) is 1. The largest absolute Gasteiger partial charge is 0.301 e. The first kappa shape index (κ1) is 11.5. The van der Waals surface area contributed by atoms with Crippen molar-refractivity contribution in [3.63, 3.8) is 0 Å². The molecule has 1 N–H and O–H groups in total. The maximum absolute atomic E-state index is 7.56. The van der Waals surface area contributed by atoms with Crippen molar-refractivity contribution in [3.05, 3.63) is 45.9 Å². The molecule has 0 aliphatic heterocycles. The normalized spacial score (nSPS) is 16.0. The van der Waals surface area contributed by atoms with Gasteiger partial charge in [0.2, 0.25) is 0 Å². The van der Waals surface area contributed by atoms with Gasteiger partial charge in [-0.05, 0) is 36.6 Å². The molecule has 1 fully saturated rings. The maximum atomic E-state index is 7.56. The van der Waals surface area contributed by atoms with Crippen LogP contribution in [-0.4, -0.2) is 4.98 Å². The van der Waals surface area contributed by atoms with Crippen LogP contribution in [0.15, 0.2) is 29.6 Å². The third-order valence-electron chi connectivity index (χ3n) is 3.37. The topological polar surface area (TPSA) is 36.7 Å². The number of nitrogens with one attached hydrogen (secondary N) is 1. The molecule has 1 aliphatic carbocycles. The summed E-state index contributed by atoms with van der Waals surface area (Å²) in [5.74, 6) is 0.708. The van der Waals surface area contributed by atoms with Gasteiger partial charge < -0.3 is 5.73 Å². The maximum Gasteiger partial charge on any atom is 0.116 e. The van der Waals surface area contributed by atoms with Crippen LogP contribution < -0.4 is 5.73 Å². The summed E-state index contributed by atoms with van der Waals surface area (Å²) in [6.07, 6.45) is 8.02. The first-order valence-electron chi connectivity index (χ1n) is 6.26. The van der Waals surface area contributed by atoms with E-state index in [1.165, 1.54) is 25.0 Å². The van der Waals surface area contributed by atoms with Gasteiger partial charge in [-0.15, -0.1) is 11.3 Å². The van der Waals surface area contributed by atoms with Crippen molar-refractivity contribution in [2.75, 3.05) is 0 Å². The van der Waals surface area contributed by atoms with Crippen LogP contribution in [0.5, 0.6) is 0 Å². The van der Waals surface area contributed by atoms with Gasteiger partial charge in [-0.1, -0.05) is 24.6 Å². The molecule has 3 rings (SSSR count). The standard InChI is InChI=1S/C15H15N2S/c16-13-6-1-3-11(9-13)7-8-15-17-14(10-18-15)12-4-2-5-12/h1,3,6-10,12,16H,2,4-5H2/b8-7+. The molecular weight excluding hydrogens is 240 g/mol. The molecule has 1 aromatic carbocycles. The molecule has 1 aromatic heterocycles. The summed E-state index contributed by atoms with van der Waals surface area (Å²) in [4.78, 5) is 4.65. The lowest BCUT2D eigenvalue weighted by Crippen LogP contribution is -2.08. The predicted molar refractivity (Wildman–Crippen MR) is 76.8 cm³/mol. The number of aromatic nitrogens is 1. The molecule has 0 bridgehead atoms. The summed E-state index contributed by atoms with van der Waals surface area (Å²) in [7, 11) is 0. The Morgan fingerprint density at radius 2 is 2.17 bits per heavy atom. The number of rotatable bonds is 3. The molecule has 0 atom stereocenters. The molecule has 1 saturated carbocycles. The van der Waals surface area contributed by atoms with E-state index in [-0.39, 0.29) is 0 Å². The van der Waals surface area contributed by atoms with Crippen LogP contribution in [0.3, 0.4) is 0 Å². The van der Waals surface area contributed by atoms with Crippen molar-refractivity contribution in [2.24, 2.45) is 0 Å². The Bertz CT molecular complexity index is 567. The molecule has 1 aliphatic rings. The zero-order chi connectivity index (χ0) is 12.4. The SMILES string of the molecule is [NH]c1cccc(/C=C/c2nc(C3CCC3)cs2)c1. The highest BCUT2D eigenvalue weighted by atomic mass is 32.1. The summed E-state index contributed by atoms with van der Waals surface area (Å²) in [6.45, 7) is 0. The molecule has 18 heavy (non-hydrogen) atoms. The van der Waals surface area contributed by atoms with Crippen LogP contribution in [-0.2, 0) is 0 Å². The summed E-state index contributed by atoms with van der Waals surface area (Å²) >= 11 is 1.71. The smallest absolute Gasteiger partial charge is 0.116 e. The van der Waals surface area contributed by atoms with E-state index in [2.05, 4.69) is 10.4 Å². The number of hydrogen-bond acceptors (Lipinski definition) is 2. The lowest BCUT2D eigenvalue weighted by atomic mass is 9.83. The fourth-order valence-electron chi connectivity index (χ4n) is 2.08. The second kappa shape index (κ2) is 4.94. The van der Waals surface area contributed by atoms with Crippen molar-refractivity contribution in [1.82, 2.24) is 10.7 Å². The number of hydrogen-bond donors (Lipinski definition) is 0. The Kier molecular flexibility index (Phi) is 3.15. The third kappa shape index (κ3) is 2.46. The lowest BCUT2D eigenvalue weighted by molar-refractivity contribution is 0.412. The highest BCUT2D eigenvalue weighted by Gasteiger charge is 2.21. The summed E-state index contributed by atoms with van der Waals surface area (Å²) in [5, 5.41) is 3.25. The van der Waals surface area contributed by atoms with E-state index in [0.717, 1.165) is 10.6 Å². The van der Waals surface area contributed by atoms with Gasteiger partial charge in [-0.3, -0.25) is 0 Å². The van der Waals surface area contributed by atoms with Gasteiger partial charge in [0, 0.05) is 11.3 Å². The van der Waals surface area contributed by atoms with Gasteiger partial charge in [0.15, 0.2) is 0 Å². The summed E-state index contributed by atoms with van der Waals surface area (Å²) in [6, 6.07) is 7.56. The van der Waals surface area contributed by atoms with Crippen LogP contribution in [0, 0.1) is 0 Å². The van der Waals surface area contributed by atoms with Crippen molar-refractivity contribution in [2.45, 2.75) is 25.2 Å². The Balaban J connectivity index is 1.73. The fourth-order valence-corrected chi connectivity index (χ4v) is 2.87. The van der Waals surface area contributed by atoms with Crippen LogP contribution in [0.2, 0.25) is 0 Å². The second-order valence-electron chi connectivity index (χ2n) is 4.70. The Labute approximate surface area is 111 Å². The van der Waals surface area contributed by atoms with Crippen molar-refractivity contribution in [3.8, 4) is 0 Å². The molecule has 1 radical (unpaired) electrons. The van der Waals surface area contributed by atoms with E-state index >= 15 is 0 Å². The van der Waals surface area contributed by atoms with Crippen molar-refractivity contribution < 1.29 is 0 Å². The Morgan fingerprint density at radius 1 is 1.28 bits per heavy atom. The van der Waals surface area contributed by atoms with E-state index in [4.69, 9.17) is 5.73 Å². The molecule has 2 aromatic rings. The van der Waals surface area contributed by atoms with Crippen LogP contribution >= 0.6 is 11.3 Å². The molecule has 1 heterocycles. The highest BCUT2D eigenvalue weighted by Crippen LogP contribution is 2.36. The first-order chi connectivity index (χ1) is 8.81. The highest BCUT2D eigenvalue weighted by molar-refractivity contribution is 7.10. The average molecular weight is 255 g/mol. The second-order valence-corrected chi connectivity index (χ2v) is 5.59. The van der Waals surface area contributed by atoms with Gasteiger partial charge in [0.25, 0.3) is 0 Å². The third-order valence-corrected chi connectivity index (χ3v) is 4.20. The van der Waals surface area contributed by atoms with Gasteiger partial charge in [0.05, 0.1) is 11.4 Å². The fraction of sp³-hybridized carbons (Fsp3) is 0.267. The van der Waals surface area contributed by atoms with Gasteiger partial charge in [0.1, 0.15) is 5.01 Å². The summed E-state index contributed by atoms with van der Waals surface area (Å²) in [5.41, 5.74) is 10.4. The molecule has 91 valence electrons.